The summed E-state index contributed by atoms with van der Waals surface area (Å²) in [5, 5.41) is 0. The van der Waals surface area contributed by atoms with Gasteiger partial charge in [0.15, 0.2) is 0 Å². The highest BCUT2D eigenvalue weighted by atomic mass is 31.2. The topological polar surface area (TPSA) is 83.8 Å². The summed E-state index contributed by atoms with van der Waals surface area (Å²) >= 11 is 0. The Hall–Kier alpha value is -0.380. The fraction of sp³-hybridized carbons (Fsp3) is 0.967. The Bertz CT molecular complexity index is 521. The molecule has 0 spiro atoms. The first kappa shape index (κ1) is 35.6. The molecule has 0 unspecified atom stereocenters. The number of rotatable bonds is 27. The Morgan fingerprint density at radius 2 is 0.917 bits per heavy atom. The minimum atomic E-state index is -4.16. The highest BCUT2D eigenvalue weighted by molar-refractivity contribution is 7.51. The van der Waals surface area contributed by atoms with Gasteiger partial charge in [-0.05, 0) is 26.2 Å². The molecule has 0 aromatic rings. The van der Waals surface area contributed by atoms with Crippen molar-refractivity contribution >= 4 is 13.6 Å². The average Bonchev–Trinajstić information content (AvgIpc) is 2.84. The summed E-state index contributed by atoms with van der Waals surface area (Å²) in [5.74, 6) is -0.245. The van der Waals surface area contributed by atoms with E-state index >= 15 is 0 Å². The summed E-state index contributed by atoms with van der Waals surface area (Å²) < 4.78 is 17.2. The highest BCUT2D eigenvalue weighted by Crippen LogP contribution is 2.44. The number of carbonyl (C=O) groups is 1. The van der Waals surface area contributed by atoms with Gasteiger partial charge in [-0.25, -0.2) is 0 Å². The van der Waals surface area contributed by atoms with Crippen LogP contribution in [0.3, 0.4) is 0 Å². The maximum Gasteiger partial charge on any atom is 0.325 e. The molecule has 5 nitrogen and oxygen atoms in total. The quantitative estimate of drug-likeness (QED) is 0.0625. The molecule has 0 aliphatic heterocycles. The largest absolute Gasteiger partial charge is 0.466 e. The van der Waals surface area contributed by atoms with Crippen molar-refractivity contribution in [2.75, 3.05) is 12.8 Å². The van der Waals surface area contributed by atoms with Gasteiger partial charge in [0.2, 0.25) is 0 Å². The first-order valence-electron chi connectivity index (χ1n) is 15.5. The lowest BCUT2D eigenvalue weighted by atomic mass is 9.75. The zero-order valence-electron chi connectivity index (χ0n) is 24.2. The van der Waals surface area contributed by atoms with Crippen molar-refractivity contribution < 1.29 is 23.9 Å². The molecule has 0 saturated heterocycles. The molecule has 0 radical (unpaired) electrons. The van der Waals surface area contributed by atoms with Crippen molar-refractivity contribution in [3.8, 4) is 0 Å². The van der Waals surface area contributed by atoms with Crippen molar-refractivity contribution in [2.45, 2.75) is 168 Å². The Morgan fingerprint density at radius 3 is 1.22 bits per heavy atom. The minimum absolute atomic E-state index is 0.227. The van der Waals surface area contributed by atoms with Crippen LogP contribution in [-0.2, 0) is 14.1 Å². The van der Waals surface area contributed by atoms with E-state index in [0.717, 1.165) is 25.7 Å². The maximum atomic E-state index is 13.1. The second-order valence-electron chi connectivity index (χ2n) is 11.0. The zero-order chi connectivity index (χ0) is 27.0. The predicted octanol–water partition coefficient (Wildman–Crippen LogP) is 9.73. The number of hydrogen-bond donors (Lipinski definition) is 2. The molecule has 0 rings (SSSR count). The molecule has 216 valence electrons. The zero-order valence-corrected chi connectivity index (χ0v) is 25.1. The van der Waals surface area contributed by atoms with Gasteiger partial charge in [-0.1, -0.05) is 142 Å². The number of hydrogen-bond acceptors (Lipinski definition) is 3. The lowest BCUT2D eigenvalue weighted by Gasteiger charge is -2.32. The molecule has 0 heterocycles. The molecule has 0 fully saturated rings. The Morgan fingerprint density at radius 1 is 0.583 bits per heavy atom. The third kappa shape index (κ3) is 20.7. The lowest BCUT2D eigenvalue weighted by Crippen LogP contribution is -2.34. The second-order valence-corrected chi connectivity index (χ2v) is 12.8. The van der Waals surface area contributed by atoms with Crippen LogP contribution >= 0.6 is 7.60 Å². The van der Waals surface area contributed by atoms with Crippen molar-refractivity contribution in [1.82, 2.24) is 0 Å². The Balaban J connectivity index is 4.62. The van der Waals surface area contributed by atoms with Crippen LogP contribution in [0.2, 0.25) is 0 Å². The van der Waals surface area contributed by atoms with Crippen molar-refractivity contribution in [1.29, 1.82) is 0 Å². The van der Waals surface area contributed by atoms with Crippen LogP contribution in [-0.4, -0.2) is 28.5 Å². The van der Waals surface area contributed by atoms with E-state index in [4.69, 9.17) is 4.74 Å². The van der Waals surface area contributed by atoms with E-state index in [1.807, 2.05) is 6.92 Å². The van der Waals surface area contributed by atoms with E-state index < -0.39 is 13.0 Å². The van der Waals surface area contributed by atoms with E-state index in [1.165, 1.54) is 103 Å². The van der Waals surface area contributed by atoms with E-state index in [-0.39, 0.29) is 18.6 Å². The van der Waals surface area contributed by atoms with Crippen LogP contribution in [0.4, 0.5) is 0 Å². The number of esters is 1. The van der Waals surface area contributed by atoms with E-state index in [2.05, 4.69) is 13.8 Å². The van der Waals surface area contributed by atoms with E-state index in [9.17, 15) is 19.1 Å². The molecule has 0 aromatic heterocycles. The Labute approximate surface area is 224 Å². The van der Waals surface area contributed by atoms with Gasteiger partial charge in [0.05, 0.1) is 18.2 Å². The van der Waals surface area contributed by atoms with Gasteiger partial charge >= 0.3 is 13.6 Å². The fourth-order valence-electron chi connectivity index (χ4n) is 5.23. The molecule has 0 bridgehead atoms. The molecule has 0 aliphatic rings. The van der Waals surface area contributed by atoms with Gasteiger partial charge in [-0.3, -0.25) is 9.36 Å². The maximum absolute atomic E-state index is 13.1. The molecule has 36 heavy (non-hydrogen) atoms. The molecule has 0 atom stereocenters. The number of ether oxygens (including phenoxy) is 1. The molecular weight excluding hydrogens is 471 g/mol. The SMILES string of the molecule is CCCCCCCCCCCCC(CCCCCCCCCCCC)(CCP(=O)(O)O)C(=O)OCC. The average molecular weight is 533 g/mol. The summed E-state index contributed by atoms with van der Waals surface area (Å²) in [6, 6.07) is 0. The first-order chi connectivity index (χ1) is 17.3. The van der Waals surface area contributed by atoms with Crippen LogP contribution < -0.4 is 0 Å². The molecule has 2 N–H and O–H groups in total. The standard InChI is InChI=1S/C30H61O5P/c1-4-7-9-11-13-15-17-19-21-23-25-30(29(31)35-6-3,27-28-36(32,33)34)26-24-22-20-18-16-14-12-10-8-5-2/h4-28H2,1-3H3,(H2,32,33,34). The molecule has 0 amide bonds. The van der Waals surface area contributed by atoms with E-state index in [0.29, 0.717) is 19.4 Å². The summed E-state index contributed by atoms with van der Waals surface area (Å²) in [5.41, 5.74) is -0.753. The summed E-state index contributed by atoms with van der Waals surface area (Å²) in [4.78, 5) is 32.2. The van der Waals surface area contributed by atoms with E-state index in [1.54, 1.807) is 0 Å². The smallest absolute Gasteiger partial charge is 0.325 e. The Kier molecular flexibility index (Phi) is 23.5. The van der Waals surface area contributed by atoms with Crippen molar-refractivity contribution in [3.63, 3.8) is 0 Å². The molecule has 0 aromatic carbocycles. The summed E-state index contributed by atoms with van der Waals surface area (Å²) in [6.45, 7) is 6.61. The monoisotopic (exact) mass is 532 g/mol. The third-order valence-electron chi connectivity index (χ3n) is 7.61. The van der Waals surface area contributed by atoms with Gasteiger partial charge in [-0.15, -0.1) is 0 Å². The molecular formula is C30H61O5P. The van der Waals surface area contributed by atoms with Gasteiger partial charge in [0.1, 0.15) is 0 Å². The van der Waals surface area contributed by atoms with Crippen LogP contribution in [0.25, 0.3) is 0 Å². The molecule has 6 heteroatoms. The molecule has 0 saturated carbocycles. The minimum Gasteiger partial charge on any atom is -0.466 e. The van der Waals surface area contributed by atoms with Crippen LogP contribution in [0, 0.1) is 5.41 Å². The van der Waals surface area contributed by atoms with Gasteiger partial charge in [0.25, 0.3) is 0 Å². The highest BCUT2D eigenvalue weighted by Gasteiger charge is 2.40. The predicted molar refractivity (Wildman–Crippen MR) is 154 cm³/mol. The summed E-state index contributed by atoms with van der Waals surface area (Å²) in [7, 11) is -4.16. The van der Waals surface area contributed by atoms with Gasteiger partial charge < -0.3 is 14.5 Å². The summed E-state index contributed by atoms with van der Waals surface area (Å²) in [6.07, 6.45) is 25.9. The molecule has 0 aliphatic carbocycles. The number of unbranched alkanes of at least 4 members (excludes halogenated alkanes) is 18. The second kappa shape index (κ2) is 23.7. The normalized spacial score (nSPS) is 12.2. The van der Waals surface area contributed by atoms with Gasteiger partial charge in [-0.2, -0.15) is 0 Å². The lowest BCUT2D eigenvalue weighted by molar-refractivity contribution is -0.157. The first-order valence-corrected chi connectivity index (χ1v) is 17.3. The van der Waals surface area contributed by atoms with Gasteiger partial charge in [0, 0.05) is 0 Å². The van der Waals surface area contributed by atoms with Crippen LogP contribution in [0.5, 0.6) is 0 Å². The fourth-order valence-corrected chi connectivity index (χ4v) is 5.95. The van der Waals surface area contributed by atoms with Crippen LogP contribution in [0.1, 0.15) is 168 Å². The third-order valence-corrected chi connectivity index (χ3v) is 8.41. The van der Waals surface area contributed by atoms with Crippen LogP contribution in [0.15, 0.2) is 0 Å². The number of carbonyl (C=O) groups excluding carboxylic acids is 1. The van der Waals surface area contributed by atoms with Crippen molar-refractivity contribution in [2.24, 2.45) is 5.41 Å². The van der Waals surface area contributed by atoms with Crippen molar-refractivity contribution in [3.05, 3.63) is 0 Å².